The molecule has 1 heterocycles. The van der Waals surface area contributed by atoms with E-state index in [4.69, 9.17) is 11.6 Å². The van der Waals surface area contributed by atoms with Crippen molar-refractivity contribution in [3.05, 3.63) is 64.9 Å². The number of rotatable bonds is 7. The minimum absolute atomic E-state index is 0.201. The Morgan fingerprint density at radius 2 is 1.88 bits per heavy atom. The summed E-state index contributed by atoms with van der Waals surface area (Å²) in [7, 11) is 0. The Morgan fingerprint density at radius 1 is 1.08 bits per heavy atom. The summed E-state index contributed by atoms with van der Waals surface area (Å²) in [6.07, 6.45) is 3.53. The number of hydrogen-bond acceptors (Lipinski definition) is 3. The Bertz CT molecular complexity index is 760. The standard InChI is InChI=1S/C19H20ClN3O2/c20-15-5-3-4-14(12-15)7-11-22-17(24)19(8-9-19)18(25)23-13-16-6-1-2-10-21-16/h1-6,10,12H,7-9,11,13H2,(H,22,24)(H,23,25). The van der Waals surface area contributed by atoms with E-state index in [9.17, 15) is 9.59 Å². The van der Waals surface area contributed by atoms with Crippen LogP contribution in [0.1, 0.15) is 24.1 Å². The van der Waals surface area contributed by atoms with Crippen molar-refractivity contribution in [1.29, 1.82) is 0 Å². The minimum atomic E-state index is -0.914. The molecular formula is C19H20ClN3O2. The summed E-state index contributed by atoms with van der Waals surface area (Å²) in [6, 6.07) is 13.1. The molecule has 1 aromatic heterocycles. The van der Waals surface area contributed by atoms with Gasteiger partial charge >= 0.3 is 0 Å². The molecule has 2 N–H and O–H groups in total. The van der Waals surface area contributed by atoms with Crippen LogP contribution in [0.2, 0.25) is 5.02 Å². The van der Waals surface area contributed by atoms with E-state index in [0.717, 1.165) is 11.3 Å². The molecule has 25 heavy (non-hydrogen) atoms. The molecule has 1 aliphatic rings. The highest BCUT2D eigenvalue weighted by Gasteiger charge is 2.56. The van der Waals surface area contributed by atoms with Gasteiger partial charge in [0, 0.05) is 17.8 Å². The van der Waals surface area contributed by atoms with Crippen LogP contribution in [0.25, 0.3) is 0 Å². The van der Waals surface area contributed by atoms with Gasteiger partial charge in [-0.1, -0.05) is 29.8 Å². The molecular weight excluding hydrogens is 338 g/mol. The van der Waals surface area contributed by atoms with E-state index in [0.29, 0.717) is 37.4 Å². The van der Waals surface area contributed by atoms with Crippen molar-refractivity contribution in [3.63, 3.8) is 0 Å². The molecule has 0 aliphatic heterocycles. The number of aromatic nitrogens is 1. The van der Waals surface area contributed by atoms with Gasteiger partial charge in [0.1, 0.15) is 5.41 Å². The third kappa shape index (κ3) is 4.37. The molecule has 2 amide bonds. The number of amides is 2. The number of pyridine rings is 1. The predicted molar refractivity (Wildman–Crippen MR) is 95.9 cm³/mol. The lowest BCUT2D eigenvalue weighted by Crippen LogP contribution is -2.43. The number of carbonyl (C=O) groups is 2. The monoisotopic (exact) mass is 357 g/mol. The van der Waals surface area contributed by atoms with E-state index in [-0.39, 0.29) is 11.8 Å². The Balaban J connectivity index is 1.48. The van der Waals surface area contributed by atoms with Crippen molar-refractivity contribution in [2.45, 2.75) is 25.8 Å². The molecule has 0 radical (unpaired) electrons. The van der Waals surface area contributed by atoms with Crippen LogP contribution in [0.5, 0.6) is 0 Å². The van der Waals surface area contributed by atoms with E-state index < -0.39 is 5.41 Å². The van der Waals surface area contributed by atoms with Crippen LogP contribution in [0, 0.1) is 5.41 Å². The predicted octanol–water partition coefficient (Wildman–Crippen LogP) is 2.49. The van der Waals surface area contributed by atoms with Crippen LogP contribution < -0.4 is 10.6 Å². The molecule has 0 atom stereocenters. The molecule has 3 rings (SSSR count). The minimum Gasteiger partial charge on any atom is -0.355 e. The van der Waals surface area contributed by atoms with Crippen LogP contribution in [0.15, 0.2) is 48.7 Å². The first kappa shape index (κ1) is 17.4. The third-order valence-electron chi connectivity index (χ3n) is 4.36. The van der Waals surface area contributed by atoms with Crippen molar-refractivity contribution in [1.82, 2.24) is 15.6 Å². The average Bonchev–Trinajstić information content (AvgIpc) is 3.43. The summed E-state index contributed by atoms with van der Waals surface area (Å²) in [5.74, 6) is -0.425. The van der Waals surface area contributed by atoms with Crippen molar-refractivity contribution in [3.8, 4) is 0 Å². The van der Waals surface area contributed by atoms with Crippen molar-refractivity contribution < 1.29 is 9.59 Å². The largest absolute Gasteiger partial charge is 0.355 e. The molecule has 2 aromatic rings. The number of benzene rings is 1. The lowest BCUT2D eigenvalue weighted by molar-refractivity contribution is -0.137. The van der Waals surface area contributed by atoms with Crippen LogP contribution >= 0.6 is 11.6 Å². The summed E-state index contributed by atoms with van der Waals surface area (Å²) in [5.41, 5.74) is 0.911. The quantitative estimate of drug-likeness (QED) is 0.748. The molecule has 5 nitrogen and oxygen atoms in total. The van der Waals surface area contributed by atoms with Gasteiger partial charge in [0.05, 0.1) is 12.2 Å². The molecule has 0 bridgehead atoms. The van der Waals surface area contributed by atoms with Gasteiger partial charge in [0.15, 0.2) is 0 Å². The smallest absolute Gasteiger partial charge is 0.236 e. The molecule has 1 saturated carbocycles. The van der Waals surface area contributed by atoms with Gasteiger partial charge in [0.25, 0.3) is 0 Å². The summed E-state index contributed by atoms with van der Waals surface area (Å²) >= 11 is 5.95. The zero-order chi connectivity index (χ0) is 17.7. The maximum Gasteiger partial charge on any atom is 0.236 e. The molecule has 1 aromatic carbocycles. The van der Waals surface area contributed by atoms with Crippen LogP contribution in [0.3, 0.4) is 0 Å². The molecule has 0 unspecified atom stereocenters. The number of nitrogens with zero attached hydrogens (tertiary/aromatic N) is 1. The van der Waals surface area contributed by atoms with Crippen LogP contribution in [0.4, 0.5) is 0 Å². The Labute approximate surface area is 151 Å². The summed E-state index contributed by atoms with van der Waals surface area (Å²) in [4.78, 5) is 29.0. The molecule has 1 fully saturated rings. The number of nitrogens with one attached hydrogen (secondary N) is 2. The van der Waals surface area contributed by atoms with Crippen molar-refractivity contribution in [2.75, 3.05) is 6.54 Å². The van der Waals surface area contributed by atoms with Gasteiger partial charge in [-0.15, -0.1) is 0 Å². The number of carbonyl (C=O) groups excluding carboxylic acids is 2. The Hall–Kier alpha value is -2.40. The zero-order valence-electron chi connectivity index (χ0n) is 13.8. The van der Waals surface area contributed by atoms with E-state index in [1.165, 1.54) is 0 Å². The fraction of sp³-hybridized carbons (Fsp3) is 0.316. The fourth-order valence-corrected chi connectivity index (χ4v) is 2.92. The maximum atomic E-state index is 12.4. The molecule has 1 aliphatic carbocycles. The molecule has 0 spiro atoms. The van der Waals surface area contributed by atoms with E-state index in [1.54, 1.807) is 6.20 Å². The first-order chi connectivity index (χ1) is 12.1. The second-order valence-corrected chi connectivity index (χ2v) is 6.66. The number of halogens is 1. The van der Waals surface area contributed by atoms with Gasteiger partial charge in [-0.2, -0.15) is 0 Å². The van der Waals surface area contributed by atoms with Gasteiger partial charge in [-0.25, -0.2) is 0 Å². The van der Waals surface area contributed by atoms with Crippen molar-refractivity contribution >= 4 is 23.4 Å². The third-order valence-corrected chi connectivity index (χ3v) is 4.60. The summed E-state index contributed by atoms with van der Waals surface area (Å²) in [5, 5.41) is 6.37. The zero-order valence-corrected chi connectivity index (χ0v) is 14.6. The first-order valence-corrected chi connectivity index (χ1v) is 8.69. The lowest BCUT2D eigenvalue weighted by atomic mass is 10.0. The van der Waals surface area contributed by atoms with Gasteiger partial charge in [0.2, 0.25) is 11.8 Å². The highest BCUT2D eigenvalue weighted by molar-refractivity contribution is 6.30. The van der Waals surface area contributed by atoms with Gasteiger partial charge in [-0.3, -0.25) is 14.6 Å². The van der Waals surface area contributed by atoms with E-state index in [2.05, 4.69) is 15.6 Å². The second-order valence-electron chi connectivity index (χ2n) is 6.22. The summed E-state index contributed by atoms with van der Waals surface area (Å²) < 4.78 is 0. The lowest BCUT2D eigenvalue weighted by Gasteiger charge is -2.15. The number of hydrogen-bond donors (Lipinski definition) is 2. The maximum absolute atomic E-state index is 12.4. The van der Waals surface area contributed by atoms with Crippen LogP contribution in [-0.4, -0.2) is 23.3 Å². The van der Waals surface area contributed by atoms with Gasteiger partial charge in [-0.05, 0) is 49.1 Å². The SMILES string of the molecule is O=C(NCCc1cccc(Cl)c1)C1(C(=O)NCc2ccccn2)CC1. The normalized spacial score (nSPS) is 14.6. The molecule has 6 heteroatoms. The average molecular weight is 358 g/mol. The van der Waals surface area contributed by atoms with E-state index in [1.807, 2.05) is 42.5 Å². The first-order valence-electron chi connectivity index (χ1n) is 8.31. The van der Waals surface area contributed by atoms with Crippen LogP contribution in [-0.2, 0) is 22.6 Å². The highest BCUT2D eigenvalue weighted by Crippen LogP contribution is 2.46. The topological polar surface area (TPSA) is 71.1 Å². The second kappa shape index (κ2) is 7.66. The highest BCUT2D eigenvalue weighted by atomic mass is 35.5. The van der Waals surface area contributed by atoms with E-state index >= 15 is 0 Å². The molecule has 0 saturated heterocycles. The van der Waals surface area contributed by atoms with Crippen molar-refractivity contribution in [2.24, 2.45) is 5.41 Å². The Kier molecular flexibility index (Phi) is 5.34. The van der Waals surface area contributed by atoms with Gasteiger partial charge < -0.3 is 10.6 Å². The molecule has 130 valence electrons. The Morgan fingerprint density at radius 3 is 2.56 bits per heavy atom. The fourth-order valence-electron chi connectivity index (χ4n) is 2.71. The summed E-state index contributed by atoms with van der Waals surface area (Å²) in [6.45, 7) is 0.811.